The zero-order valence-corrected chi connectivity index (χ0v) is 8.67. The Labute approximate surface area is 92.6 Å². The molecular formula is C11H12N4O. The maximum Gasteiger partial charge on any atom is 0.180 e. The second-order valence-corrected chi connectivity index (χ2v) is 4.06. The highest BCUT2D eigenvalue weighted by Gasteiger charge is 2.27. The van der Waals surface area contributed by atoms with E-state index in [-0.39, 0.29) is 6.10 Å². The van der Waals surface area contributed by atoms with Crippen molar-refractivity contribution in [2.45, 2.75) is 25.0 Å². The van der Waals surface area contributed by atoms with Crippen LogP contribution in [0, 0.1) is 0 Å². The van der Waals surface area contributed by atoms with Crippen LogP contribution in [0.1, 0.15) is 12.8 Å². The molecule has 2 heterocycles. The summed E-state index contributed by atoms with van der Waals surface area (Å²) in [5, 5.41) is 12.4. The highest BCUT2D eigenvalue weighted by molar-refractivity contribution is 5.71. The summed E-state index contributed by atoms with van der Waals surface area (Å²) in [7, 11) is 0. The van der Waals surface area contributed by atoms with Crippen molar-refractivity contribution in [3.63, 3.8) is 0 Å². The van der Waals surface area contributed by atoms with Crippen LogP contribution in [0.2, 0.25) is 0 Å². The lowest BCUT2D eigenvalue weighted by Crippen LogP contribution is -2.39. The normalized spacial score (nSPS) is 24.1. The fourth-order valence-electron chi connectivity index (χ4n) is 1.85. The monoisotopic (exact) mass is 216 g/mol. The Morgan fingerprint density at radius 3 is 2.81 bits per heavy atom. The van der Waals surface area contributed by atoms with Gasteiger partial charge in [0, 0.05) is 18.4 Å². The highest BCUT2D eigenvalue weighted by Crippen LogP contribution is 2.23. The molecule has 5 heteroatoms. The Bertz CT molecular complexity index is 510. The predicted molar refractivity (Wildman–Crippen MR) is 60.0 cm³/mol. The van der Waals surface area contributed by atoms with Gasteiger partial charge < -0.3 is 10.4 Å². The summed E-state index contributed by atoms with van der Waals surface area (Å²) in [4.78, 5) is 12.7. The topological polar surface area (TPSA) is 70.9 Å². The number of aliphatic hydroxyl groups is 1. The van der Waals surface area contributed by atoms with E-state index in [0.717, 1.165) is 24.2 Å². The summed E-state index contributed by atoms with van der Waals surface area (Å²) >= 11 is 0. The fraction of sp³-hybridized carbons (Fsp3) is 0.364. The number of hydrogen-bond donors (Lipinski definition) is 2. The molecule has 0 spiro atoms. The molecular weight excluding hydrogens is 204 g/mol. The molecule has 82 valence electrons. The first-order valence-corrected chi connectivity index (χ1v) is 5.33. The molecule has 5 nitrogen and oxygen atoms in total. The van der Waals surface area contributed by atoms with Crippen molar-refractivity contribution in [2.75, 3.05) is 5.32 Å². The van der Waals surface area contributed by atoms with Gasteiger partial charge in [0.15, 0.2) is 5.65 Å². The molecule has 1 fully saturated rings. The lowest BCUT2D eigenvalue weighted by molar-refractivity contribution is 0.0835. The summed E-state index contributed by atoms with van der Waals surface area (Å²) in [5.41, 5.74) is 1.44. The van der Waals surface area contributed by atoms with Gasteiger partial charge in [-0.05, 0) is 25.0 Å². The summed E-state index contributed by atoms with van der Waals surface area (Å²) in [6.07, 6.45) is 4.71. The fourth-order valence-corrected chi connectivity index (χ4v) is 1.85. The first-order chi connectivity index (χ1) is 7.81. The number of aromatic nitrogens is 3. The molecule has 1 aliphatic rings. The highest BCUT2D eigenvalue weighted by atomic mass is 16.3. The zero-order valence-electron chi connectivity index (χ0n) is 8.67. The summed E-state index contributed by atoms with van der Waals surface area (Å²) < 4.78 is 0. The van der Waals surface area contributed by atoms with Crippen LogP contribution < -0.4 is 5.32 Å². The van der Waals surface area contributed by atoms with E-state index in [0.29, 0.717) is 11.7 Å². The first-order valence-electron chi connectivity index (χ1n) is 5.33. The Kier molecular flexibility index (Phi) is 2.18. The lowest BCUT2D eigenvalue weighted by Gasteiger charge is -2.32. The van der Waals surface area contributed by atoms with Gasteiger partial charge in [-0.25, -0.2) is 9.97 Å². The third-order valence-electron chi connectivity index (χ3n) is 2.80. The SMILES string of the molecule is OC1CC(Nc2ccc3nccnc3n2)C1. The Hall–Kier alpha value is -1.75. The minimum Gasteiger partial charge on any atom is -0.393 e. The number of anilines is 1. The summed E-state index contributed by atoms with van der Waals surface area (Å²) in [6, 6.07) is 4.12. The van der Waals surface area contributed by atoms with Gasteiger partial charge in [0.2, 0.25) is 0 Å². The summed E-state index contributed by atoms with van der Waals surface area (Å²) in [5.74, 6) is 0.796. The predicted octanol–water partition coefficient (Wildman–Crippen LogP) is 0.960. The van der Waals surface area contributed by atoms with E-state index in [1.54, 1.807) is 12.4 Å². The number of aliphatic hydroxyl groups excluding tert-OH is 1. The Balaban J connectivity index is 1.82. The number of rotatable bonds is 2. The zero-order chi connectivity index (χ0) is 11.0. The van der Waals surface area contributed by atoms with Crippen molar-refractivity contribution in [1.82, 2.24) is 15.0 Å². The number of nitrogens with one attached hydrogen (secondary N) is 1. The molecule has 0 radical (unpaired) electrons. The molecule has 3 rings (SSSR count). The minimum absolute atomic E-state index is 0.155. The van der Waals surface area contributed by atoms with Crippen LogP contribution in [0.3, 0.4) is 0 Å². The molecule has 0 aliphatic heterocycles. The van der Waals surface area contributed by atoms with Crippen LogP contribution in [0.5, 0.6) is 0 Å². The summed E-state index contributed by atoms with van der Waals surface area (Å²) in [6.45, 7) is 0. The van der Waals surface area contributed by atoms with Crippen molar-refractivity contribution in [3.05, 3.63) is 24.5 Å². The molecule has 2 aromatic heterocycles. The third-order valence-corrected chi connectivity index (χ3v) is 2.80. The van der Waals surface area contributed by atoms with Crippen LogP contribution >= 0.6 is 0 Å². The maximum atomic E-state index is 9.19. The molecule has 0 amide bonds. The molecule has 2 N–H and O–H groups in total. The van der Waals surface area contributed by atoms with E-state index in [1.807, 2.05) is 12.1 Å². The molecule has 0 unspecified atom stereocenters. The number of pyridine rings is 1. The average Bonchev–Trinajstić information content (AvgIpc) is 2.27. The van der Waals surface area contributed by atoms with Gasteiger partial charge >= 0.3 is 0 Å². The van der Waals surface area contributed by atoms with E-state index in [1.165, 1.54) is 0 Å². The van der Waals surface area contributed by atoms with Gasteiger partial charge in [0.25, 0.3) is 0 Å². The largest absolute Gasteiger partial charge is 0.393 e. The average molecular weight is 216 g/mol. The van der Waals surface area contributed by atoms with Gasteiger partial charge in [0.05, 0.1) is 6.10 Å². The van der Waals surface area contributed by atoms with Crippen LogP contribution in [0.25, 0.3) is 11.2 Å². The van der Waals surface area contributed by atoms with Gasteiger partial charge in [-0.1, -0.05) is 0 Å². The second kappa shape index (κ2) is 3.68. The molecule has 1 saturated carbocycles. The smallest absolute Gasteiger partial charge is 0.180 e. The number of fused-ring (bicyclic) bond motifs is 1. The van der Waals surface area contributed by atoms with Gasteiger partial charge in [-0.15, -0.1) is 0 Å². The van der Waals surface area contributed by atoms with E-state index >= 15 is 0 Å². The molecule has 0 atom stereocenters. The van der Waals surface area contributed by atoms with Crippen molar-refractivity contribution in [2.24, 2.45) is 0 Å². The molecule has 0 bridgehead atoms. The number of hydrogen-bond acceptors (Lipinski definition) is 5. The van der Waals surface area contributed by atoms with Gasteiger partial charge in [-0.2, -0.15) is 0 Å². The third kappa shape index (κ3) is 1.69. The van der Waals surface area contributed by atoms with Gasteiger partial charge in [0.1, 0.15) is 11.3 Å². The van der Waals surface area contributed by atoms with E-state index < -0.39 is 0 Å². The maximum absolute atomic E-state index is 9.19. The second-order valence-electron chi connectivity index (χ2n) is 4.06. The molecule has 0 saturated heterocycles. The minimum atomic E-state index is -0.155. The molecule has 2 aromatic rings. The quantitative estimate of drug-likeness (QED) is 0.782. The molecule has 1 aliphatic carbocycles. The lowest BCUT2D eigenvalue weighted by atomic mass is 9.89. The van der Waals surface area contributed by atoms with E-state index in [9.17, 15) is 5.11 Å². The molecule has 0 aromatic carbocycles. The van der Waals surface area contributed by atoms with E-state index in [4.69, 9.17) is 0 Å². The van der Waals surface area contributed by atoms with Crippen LogP contribution in [-0.4, -0.2) is 32.2 Å². The van der Waals surface area contributed by atoms with Gasteiger partial charge in [-0.3, -0.25) is 4.98 Å². The standard InChI is InChI=1S/C11H12N4O/c16-8-5-7(6-8)14-10-2-1-9-11(15-10)13-4-3-12-9/h1-4,7-8,16H,5-6H2,(H,13,14,15). The van der Waals surface area contributed by atoms with Crippen LogP contribution in [-0.2, 0) is 0 Å². The van der Waals surface area contributed by atoms with Crippen molar-refractivity contribution < 1.29 is 5.11 Å². The number of nitrogens with zero attached hydrogens (tertiary/aromatic N) is 3. The molecule has 16 heavy (non-hydrogen) atoms. The first kappa shape index (κ1) is 9.47. The van der Waals surface area contributed by atoms with Crippen molar-refractivity contribution >= 4 is 17.0 Å². The Morgan fingerprint density at radius 1 is 1.19 bits per heavy atom. The van der Waals surface area contributed by atoms with Crippen LogP contribution in [0.15, 0.2) is 24.5 Å². The Morgan fingerprint density at radius 2 is 2.00 bits per heavy atom. The van der Waals surface area contributed by atoms with Crippen molar-refractivity contribution in [1.29, 1.82) is 0 Å². The van der Waals surface area contributed by atoms with E-state index in [2.05, 4.69) is 20.3 Å². The van der Waals surface area contributed by atoms with Crippen LogP contribution in [0.4, 0.5) is 5.82 Å². The van der Waals surface area contributed by atoms with Crippen molar-refractivity contribution in [3.8, 4) is 0 Å².